The highest BCUT2D eigenvalue weighted by molar-refractivity contribution is 5.77. The number of rotatable bonds is 7. The van der Waals surface area contributed by atoms with Crippen molar-refractivity contribution in [3.8, 4) is 17.0 Å². The lowest BCUT2D eigenvalue weighted by molar-refractivity contribution is 0.0515. The summed E-state index contributed by atoms with van der Waals surface area (Å²) in [4.78, 5) is 28.6. The molecule has 41 heavy (non-hydrogen) atoms. The Kier molecular flexibility index (Phi) is 7.57. The number of carboxylic acid groups (broad SMARTS) is 1. The Balaban J connectivity index is 1.14. The van der Waals surface area contributed by atoms with E-state index in [0.717, 1.165) is 54.6 Å². The number of benzene rings is 1. The van der Waals surface area contributed by atoms with Gasteiger partial charge < -0.3 is 39.7 Å². The van der Waals surface area contributed by atoms with Crippen LogP contribution in [0.2, 0.25) is 0 Å². The molecule has 1 aromatic carbocycles. The van der Waals surface area contributed by atoms with Crippen molar-refractivity contribution >= 4 is 29.2 Å². The molecule has 3 aromatic rings. The number of methoxy groups -OCH3 is 1. The highest BCUT2D eigenvalue weighted by Crippen LogP contribution is 2.36. The number of hydrogen-bond donors (Lipinski definition) is 3. The molecule has 0 bridgehead atoms. The summed E-state index contributed by atoms with van der Waals surface area (Å²) in [7, 11) is 1.59. The lowest BCUT2D eigenvalue weighted by Crippen LogP contribution is -2.58. The van der Waals surface area contributed by atoms with Crippen LogP contribution >= 0.6 is 0 Å². The van der Waals surface area contributed by atoms with E-state index in [4.69, 9.17) is 9.47 Å². The van der Waals surface area contributed by atoms with Crippen molar-refractivity contribution < 1.29 is 24.5 Å². The van der Waals surface area contributed by atoms with Crippen LogP contribution in [0.5, 0.6) is 5.75 Å². The minimum absolute atomic E-state index is 0.147. The first kappa shape index (κ1) is 26.8. The largest absolute Gasteiger partial charge is 0.467 e. The van der Waals surface area contributed by atoms with Gasteiger partial charge in [-0.2, -0.15) is 0 Å². The third-order valence-corrected chi connectivity index (χ3v) is 7.78. The van der Waals surface area contributed by atoms with Crippen LogP contribution in [-0.2, 0) is 4.74 Å². The van der Waals surface area contributed by atoms with Crippen LogP contribution in [0, 0.1) is 0 Å². The molecule has 0 unspecified atom stereocenters. The third kappa shape index (κ3) is 5.35. The van der Waals surface area contributed by atoms with Crippen molar-refractivity contribution in [2.45, 2.75) is 12.1 Å². The minimum atomic E-state index is -1.02. The molecule has 0 aliphatic carbocycles. The van der Waals surface area contributed by atoms with Crippen molar-refractivity contribution in [2.24, 2.45) is 0 Å². The molecule has 216 valence electrons. The molecule has 6 rings (SSSR count). The summed E-state index contributed by atoms with van der Waals surface area (Å²) in [6.45, 7) is 4.12. The average Bonchev–Trinajstić information content (AvgIpc) is 3.03. The number of aromatic nitrogens is 4. The maximum absolute atomic E-state index is 11.4. The van der Waals surface area contributed by atoms with Gasteiger partial charge in [0.2, 0.25) is 5.95 Å². The van der Waals surface area contributed by atoms with E-state index in [0.29, 0.717) is 31.3 Å². The number of nitrogens with zero attached hydrogens (tertiary/aromatic N) is 8. The molecule has 0 spiro atoms. The number of hydrogen-bond acceptors (Lipinski definition) is 12. The molecule has 2 fully saturated rings. The summed E-state index contributed by atoms with van der Waals surface area (Å²) in [5, 5.41) is 31.4. The fourth-order valence-electron chi connectivity index (χ4n) is 5.67. The fraction of sp³-hybridized carbons (Fsp3) is 0.444. The average molecular weight is 564 g/mol. The molecular formula is C27H33N9O5. The number of aliphatic hydroxyl groups excluding tert-OH is 1. The summed E-state index contributed by atoms with van der Waals surface area (Å²) in [5.74, 6) is 2.10. The van der Waals surface area contributed by atoms with E-state index in [1.807, 2.05) is 29.2 Å². The fourth-order valence-corrected chi connectivity index (χ4v) is 5.67. The number of ether oxygens (including phenoxy) is 2. The van der Waals surface area contributed by atoms with Crippen molar-refractivity contribution in [3.63, 3.8) is 0 Å². The van der Waals surface area contributed by atoms with Gasteiger partial charge >= 0.3 is 6.09 Å². The first-order valence-corrected chi connectivity index (χ1v) is 13.6. The molecule has 3 aliphatic rings. The van der Waals surface area contributed by atoms with Crippen molar-refractivity contribution in [1.82, 2.24) is 25.1 Å². The number of nitrogens with one attached hydrogen (secondary N) is 1. The zero-order valence-electron chi connectivity index (χ0n) is 22.8. The molecule has 2 atom stereocenters. The Bertz CT molecular complexity index is 1380. The standard InChI is InChI=1S/C27H33N9O5/c1-40-17-41-24-5-3-2-4-21(24)22-10-23-25(32-31-22)28-13-19-14-34(7-8-35(19)23)26-29-11-18(12-30-26)33-6-9-36(27(38)39)20(15-33)16-37/h2-5,10-12,19-20,37H,6-9,13-17H2,1H3,(H,28,32)(H,38,39)/t19-,20+/m0/s1. The van der Waals surface area contributed by atoms with E-state index in [2.05, 4.69) is 41.3 Å². The zero-order chi connectivity index (χ0) is 28.3. The summed E-state index contributed by atoms with van der Waals surface area (Å²) >= 11 is 0. The van der Waals surface area contributed by atoms with Gasteiger partial charge in [-0.05, 0) is 18.2 Å². The van der Waals surface area contributed by atoms with Gasteiger partial charge in [-0.25, -0.2) is 14.8 Å². The van der Waals surface area contributed by atoms with Crippen LogP contribution in [0.1, 0.15) is 0 Å². The SMILES string of the molecule is COCOc1ccccc1-c1cc2c(nn1)NC[C@H]1CN(c3ncc(N4CCN(C(=O)O)[C@@H](CO)C4)cn3)CCN21. The molecule has 3 N–H and O–H groups in total. The highest BCUT2D eigenvalue weighted by Gasteiger charge is 2.34. The molecule has 2 aromatic heterocycles. The lowest BCUT2D eigenvalue weighted by Gasteiger charge is -2.45. The van der Waals surface area contributed by atoms with Gasteiger partial charge in [0.1, 0.15) is 5.75 Å². The predicted octanol–water partition coefficient (Wildman–Crippen LogP) is 1.20. The lowest BCUT2D eigenvalue weighted by atomic mass is 10.1. The normalized spacial score (nSPS) is 20.2. The van der Waals surface area contributed by atoms with Crippen molar-refractivity contribution in [3.05, 3.63) is 42.7 Å². The number of carbonyl (C=O) groups is 1. The Morgan fingerprint density at radius 3 is 2.66 bits per heavy atom. The van der Waals surface area contributed by atoms with Crippen LogP contribution in [0.3, 0.4) is 0 Å². The number of amides is 1. The molecule has 14 nitrogen and oxygen atoms in total. The van der Waals surface area contributed by atoms with Crippen LogP contribution < -0.4 is 24.8 Å². The molecule has 3 aliphatic heterocycles. The van der Waals surface area contributed by atoms with Crippen LogP contribution in [0.15, 0.2) is 42.7 Å². The summed E-state index contributed by atoms with van der Waals surface area (Å²) in [6.07, 6.45) is 2.54. The van der Waals surface area contributed by atoms with Gasteiger partial charge in [-0.15, -0.1) is 10.2 Å². The first-order valence-electron chi connectivity index (χ1n) is 13.6. The summed E-state index contributed by atoms with van der Waals surface area (Å²) in [5.41, 5.74) is 3.39. The highest BCUT2D eigenvalue weighted by atomic mass is 16.7. The molecular weight excluding hydrogens is 530 g/mol. The Morgan fingerprint density at radius 1 is 1.07 bits per heavy atom. The second kappa shape index (κ2) is 11.6. The molecule has 0 radical (unpaired) electrons. The van der Waals surface area contributed by atoms with E-state index in [9.17, 15) is 15.0 Å². The number of piperazine rings is 2. The van der Waals surface area contributed by atoms with Crippen LogP contribution in [-0.4, -0.2) is 120 Å². The Hall–Kier alpha value is -4.43. The second-order valence-electron chi connectivity index (χ2n) is 10.2. The molecule has 0 saturated carbocycles. The number of anilines is 4. The van der Waals surface area contributed by atoms with Gasteiger partial charge in [-0.3, -0.25) is 4.90 Å². The quantitative estimate of drug-likeness (QED) is 0.353. The molecule has 14 heteroatoms. The van der Waals surface area contributed by atoms with E-state index in [1.165, 1.54) is 4.90 Å². The first-order chi connectivity index (χ1) is 20.1. The zero-order valence-corrected chi connectivity index (χ0v) is 22.8. The van der Waals surface area contributed by atoms with E-state index < -0.39 is 12.1 Å². The monoisotopic (exact) mass is 563 g/mol. The Morgan fingerprint density at radius 2 is 1.88 bits per heavy atom. The number of para-hydroxylation sites is 1. The van der Waals surface area contributed by atoms with Gasteiger partial charge in [0, 0.05) is 58.5 Å². The van der Waals surface area contributed by atoms with Gasteiger partial charge in [0.05, 0.1) is 48.2 Å². The molecule has 5 heterocycles. The third-order valence-electron chi connectivity index (χ3n) is 7.78. The maximum atomic E-state index is 11.4. The topological polar surface area (TPSA) is 153 Å². The maximum Gasteiger partial charge on any atom is 0.407 e. The van der Waals surface area contributed by atoms with Crippen molar-refractivity contribution in [2.75, 3.05) is 86.3 Å². The van der Waals surface area contributed by atoms with Crippen LogP contribution in [0.4, 0.5) is 27.9 Å². The van der Waals surface area contributed by atoms with Gasteiger partial charge in [0.25, 0.3) is 0 Å². The molecule has 2 saturated heterocycles. The van der Waals surface area contributed by atoms with E-state index in [1.54, 1.807) is 19.5 Å². The van der Waals surface area contributed by atoms with E-state index in [-0.39, 0.29) is 19.4 Å². The van der Waals surface area contributed by atoms with Crippen LogP contribution in [0.25, 0.3) is 11.3 Å². The van der Waals surface area contributed by atoms with Gasteiger partial charge in [-0.1, -0.05) is 12.1 Å². The van der Waals surface area contributed by atoms with Gasteiger partial charge in [0.15, 0.2) is 12.6 Å². The van der Waals surface area contributed by atoms with Crippen molar-refractivity contribution in [1.29, 1.82) is 0 Å². The Labute approximate surface area is 237 Å². The predicted molar refractivity (Wildman–Crippen MR) is 152 cm³/mol. The summed E-state index contributed by atoms with van der Waals surface area (Å²) < 4.78 is 10.8. The minimum Gasteiger partial charge on any atom is -0.467 e. The number of aliphatic hydroxyl groups is 1. The van der Waals surface area contributed by atoms with E-state index >= 15 is 0 Å². The summed E-state index contributed by atoms with van der Waals surface area (Å²) in [6, 6.07) is 9.48. The smallest absolute Gasteiger partial charge is 0.407 e. The number of fused-ring (bicyclic) bond motifs is 3. The molecule has 1 amide bonds. The second-order valence-corrected chi connectivity index (χ2v) is 10.2.